The van der Waals surface area contributed by atoms with Crippen molar-refractivity contribution in [2.45, 2.75) is 0 Å². The van der Waals surface area contributed by atoms with Crippen molar-refractivity contribution in [3.05, 3.63) is 58.6 Å². The molecule has 0 atom stereocenters. The molecule has 1 heterocycles. The van der Waals surface area contributed by atoms with Gasteiger partial charge in [-0.15, -0.1) is 5.10 Å². The lowest BCUT2D eigenvalue weighted by Gasteiger charge is -2.15. The number of hydrogen-bond donors (Lipinski definition) is 1. The number of carbonyl (C=O) groups excluding carboxylic acids is 2. The summed E-state index contributed by atoms with van der Waals surface area (Å²) in [5.74, 6) is 0.0330. The van der Waals surface area contributed by atoms with Crippen LogP contribution in [0, 0.1) is 0 Å². The van der Waals surface area contributed by atoms with Crippen LogP contribution in [0.3, 0.4) is 0 Å². The van der Waals surface area contributed by atoms with Crippen LogP contribution in [0.2, 0.25) is 10.0 Å². The molecule has 0 bridgehead atoms. The Labute approximate surface area is 164 Å². The Bertz CT molecular complexity index is 862. The summed E-state index contributed by atoms with van der Waals surface area (Å²) >= 11 is 13.0. The van der Waals surface area contributed by atoms with Gasteiger partial charge in [-0.25, -0.2) is 5.43 Å². The number of amidine groups is 1. The van der Waals surface area contributed by atoms with E-state index in [-0.39, 0.29) is 18.3 Å². The van der Waals surface area contributed by atoms with Crippen molar-refractivity contribution in [3.8, 4) is 5.75 Å². The van der Waals surface area contributed by atoms with Crippen molar-refractivity contribution in [1.82, 2.24) is 5.43 Å². The van der Waals surface area contributed by atoms with E-state index >= 15 is 0 Å². The standard InChI is InChI=1S/C17H13Cl2N3O3S/c18-11-6-7-14(13(19)8-11)25-9-15(23)20-21-17-22(16(24)10-26-17)12-4-2-1-3-5-12/h1-8H,9-10H2,(H,20,23)/b21-17+. The van der Waals surface area contributed by atoms with Crippen LogP contribution in [0.4, 0.5) is 5.69 Å². The number of hydrazone groups is 1. The van der Waals surface area contributed by atoms with Crippen LogP contribution in [-0.4, -0.2) is 29.3 Å². The first-order valence-electron chi connectivity index (χ1n) is 7.50. The van der Waals surface area contributed by atoms with Crippen molar-refractivity contribution in [1.29, 1.82) is 0 Å². The molecule has 2 aromatic carbocycles. The summed E-state index contributed by atoms with van der Waals surface area (Å²) < 4.78 is 5.34. The number of ether oxygens (including phenoxy) is 1. The van der Waals surface area contributed by atoms with Gasteiger partial charge in [0.05, 0.1) is 16.5 Å². The van der Waals surface area contributed by atoms with Gasteiger partial charge in [0.1, 0.15) is 5.75 Å². The molecular weight excluding hydrogens is 397 g/mol. The number of thioether (sulfide) groups is 1. The van der Waals surface area contributed by atoms with E-state index in [2.05, 4.69) is 10.5 Å². The highest BCUT2D eigenvalue weighted by molar-refractivity contribution is 8.15. The van der Waals surface area contributed by atoms with Crippen LogP contribution in [0.15, 0.2) is 53.6 Å². The second-order valence-electron chi connectivity index (χ2n) is 5.15. The number of rotatable bonds is 5. The monoisotopic (exact) mass is 409 g/mol. The predicted molar refractivity (Wildman–Crippen MR) is 104 cm³/mol. The molecule has 0 saturated carbocycles. The molecule has 3 rings (SSSR count). The lowest BCUT2D eigenvalue weighted by atomic mass is 10.3. The summed E-state index contributed by atoms with van der Waals surface area (Å²) in [6.45, 7) is -0.276. The Balaban J connectivity index is 1.61. The lowest BCUT2D eigenvalue weighted by molar-refractivity contribution is -0.123. The van der Waals surface area contributed by atoms with E-state index in [0.29, 0.717) is 26.6 Å². The number of halogens is 2. The molecule has 2 aromatic rings. The van der Waals surface area contributed by atoms with Crippen molar-refractivity contribution < 1.29 is 14.3 Å². The Kier molecular flexibility index (Phi) is 6.03. The molecule has 1 N–H and O–H groups in total. The zero-order chi connectivity index (χ0) is 18.5. The van der Waals surface area contributed by atoms with E-state index in [0.717, 1.165) is 0 Å². The molecule has 0 aliphatic carbocycles. The summed E-state index contributed by atoms with van der Waals surface area (Å²) in [5.41, 5.74) is 3.08. The molecule has 1 fully saturated rings. The zero-order valence-corrected chi connectivity index (χ0v) is 15.6. The van der Waals surface area contributed by atoms with Gasteiger partial charge in [-0.3, -0.25) is 14.5 Å². The van der Waals surface area contributed by atoms with Gasteiger partial charge in [-0.1, -0.05) is 53.2 Å². The first-order valence-corrected chi connectivity index (χ1v) is 9.24. The fourth-order valence-electron chi connectivity index (χ4n) is 2.15. The third kappa shape index (κ3) is 4.49. The van der Waals surface area contributed by atoms with Gasteiger partial charge in [0, 0.05) is 5.02 Å². The summed E-state index contributed by atoms with van der Waals surface area (Å²) in [6.07, 6.45) is 0. The van der Waals surface area contributed by atoms with Gasteiger partial charge >= 0.3 is 0 Å². The molecule has 2 amide bonds. The SMILES string of the molecule is O=C(COc1ccc(Cl)cc1Cl)N/N=C1/SCC(=O)N1c1ccccc1. The van der Waals surface area contributed by atoms with Crippen LogP contribution in [0.1, 0.15) is 0 Å². The summed E-state index contributed by atoms with van der Waals surface area (Å²) in [7, 11) is 0. The minimum absolute atomic E-state index is 0.0987. The van der Waals surface area contributed by atoms with Crippen LogP contribution in [-0.2, 0) is 9.59 Å². The minimum Gasteiger partial charge on any atom is -0.482 e. The molecule has 0 spiro atoms. The third-order valence-electron chi connectivity index (χ3n) is 3.31. The molecule has 1 aliphatic rings. The molecular formula is C17H13Cl2N3O3S. The van der Waals surface area contributed by atoms with Crippen molar-refractivity contribution >= 4 is 57.6 Å². The predicted octanol–water partition coefficient (Wildman–Crippen LogP) is 3.54. The molecule has 0 aromatic heterocycles. The van der Waals surface area contributed by atoms with Gasteiger partial charge in [0.15, 0.2) is 11.8 Å². The highest BCUT2D eigenvalue weighted by atomic mass is 35.5. The fourth-order valence-corrected chi connectivity index (χ4v) is 3.45. The Morgan fingerprint density at radius 1 is 1.23 bits per heavy atom. The molecule has 1 saturated heterocycles. The Morgan fingerprint density at radius 2 is 2.00 bits per heavy atom. The molecule has 26 heavy (non-hydrogen) atoms. The number of hydrogen-bond acceptors (Lipinski definition) is 5. The van der Waals surface area contributed by atoms with E-state index in [1.165, 1.54) is 22.7 Å². The average molecular weight is 410 g/mol. The average Bonchev–Trinajstić information content (AvgIpc) is 3.00. The molecule has 9 heteroatoms. The third-order valence-corrected chi connectivity index (χ3v) is 4.76. The first-order chi connectivity index (χ1) is 12.5. The van der Waals surface area contributed by atoms with Crippen LogP contribution in [0.25, 0.3) is 0 Å². The van der Waals surface area contributed by atoms with Gasteiger partial charge in [0.25, 0.3) is 5.91 Å². The summed E-state index contributed by atoms with van der Waals surface area (Å²) in [4.78, 5) is 25.5. The zero-order valence-electron chi connectivity index (χ0n) is 13.3. The van der Waals surface area contributed by atoms with Gasteiger partial charge in [-0.2, -0.15) is 0 Å². The largest absolute Gasteiger partial charge is 0.482 e. The van der Waals surface area contributed by atoms with Crippen molar-refractivity contribution in [3.63, 3.8) is 0 Å². The number of carbonyl (C=O) groups is 2. The maximum Gasteiger partial charge on any atom is 0.278 e. The molecule has 0 unspecified atom stereocenters. The lowest BCUT2D eigenvalue weighted by Crippen LogP contribution is -2.32. The Hall–Kier alpha value is -2.22. The molecule has 6 nitrogen and oxygen atoms in total. The maximum absolute atomic E-state index is 12.1. The highest BCUT2D eigenvalue weighted by Crippen LogP contribution is 2.28. The van der Waals surface area contributed by atoms with Crippen LogP contribution < -0.4 is 15.1 Å². The molecule has 0 radical (unpaired) electrons. The van der Waals surface area contributed by atoms with Crippen molar-refractivity contribution in [2.24, 2.45) is 5.10 Å². The topological polar surface area (TPSA) is 71.0 Å². The van der Waals surface area contributed by atoms with Gasteiger partial charge in [0.2, 0.25) is 5.91 Å². The van der Waals surface area contributed by atoms with E-state index in [1.54, 1.807) is 24.3 Å². The second kappa shape index (κ2) is 8.44. The number of para-hydroxylation sites is 1. The number of anilines is 1. The number of nitrogens with zero attached hydrogens (tertiary/aromatic N) is 2. The van der Waals surface area contributed by atoms with Gasteiger partial charge < -0.3 is 4.74 Å². The highest BCUT2D eigenvalue weighted by Gasteiger charge is 2.29. The van der Waals surface area contributed by atoms with Crippen LogP contribution >= 0.6 is 35.0 Å². The van der Waals surface area contributed by atoms with E-state index < -0.39 is 5.91 Å². The van der Waals surface area contributed by atoms with E-state index in [1.807, 2.05) is 18.2 Å². The normalized spacial score (nSPS) is 15.4. The minimum atomic E-state index is -0.475. The quantitative estimate of drug-likeness (QED) is 0.766. The number of benzene rings is 2. The molecule has 1 aliphatic heterocycles. The maximum atomic E-state index is 12.1. The van der Waals surface area contributed by atoms with E-state index in [9.17, 15) is 9.59 Å². The summed E-state index contributed by atoms with van der Waals surface area (Å²) in [6, 6.07) is 13.8. The van der Waals surface area contributed by atoms with Gasteiger partial charge in [-0.05, 0) is 30.3 Å². The van der Waals surface area contributed by atoms with Crippen LogP contribution in [0.5, 0.6) is 5.75 Å². The smallest absolute Gasteiger partial charge is 0.278 e. The number of amides is 2. The fraction of sp³-hybridized carbons (Fsp3) is 0.118. The summed E-state index contributed by atoms with van der Waals surface area (Å²) in [5, 5.41) is 5.22. The first kappa shape index (κ1) is 18.6. The van der Waals surface area contributed by atoms with E-state index in [4.69, 9.17) is 27.9 Å². The molecule has 134 valence electrons. The number of nitrogens with one attached hydrogen (secondary N) is 1. The Morgan fingerprint density at radius 3 is 2.73 bits per heavy atom. The second-order valence-corrected chi connectivity index (χ2v) is 6.93. The van der Waals surface area contributed by atoms with Crippen molar-refractivity contribution in [2.75, 3.05) is 17.3 Å².